The second-order valence-electron chi connectivity index (χ2n) is 5.40. The first-order valence-corrected chi connectivity index (χ1v) is 6.84. The van der Waals surface area contributed by atoms with Crippen molar-refractivity contribution in [1.29, 1.82) is 0 Å². The van der Waals surface area contributed by atoms with Crippen LogP contribution in [0.5, 0.6) is 11.5 Å². The Hall–Kier alpha value is -1.51. The largest absolute Gasteiger partial charge is 0.454 e. The van der Waals surface area contributed by atoms with Crippen LogP contribution in [0.3, 0.4) is 0 Å². The molecule has 0 amide bonds. The zero-order valence-corrected chi connectivity index (χ0v) is 10.4. The van der Waals surface area contributed by atoms with Crippen LogP contribution in [0.4, 0.5) is 0 Å². The molecule has 1 aromatic carbocycles. The van der Waals surface area contributed by atoms with Gasteiger partial charge in [-0.15, -0.1) is 0 Å². The van der Waals surface area contributed by atoms with E-state index in [1.807, 2.05) is 6.07 Å². The fraction of sp³-hybridized carbons (Fsp3) is 0.533. The van der Waals surface area contributed by atoms with E-state index in [0.29, 0.717) is 18.6 Å². The number of aliphatic imine (C=N–C) groups is 1. The Labute approximate surface area is 107 Å². The van der Waals surface area contributed by atoms with Crippen LogP contribution in [0.25, 0.3) is 0 Å². The first-order valence-electron chi connectivity index (χ1n) is 6.84. The number of hydrogen-bond donors (Lipinski definition) is 0. The third-order valence-corrected chi connectivity index (χ3v) is 4.43. The fourth-order valence-electron chi connectivity index (χ4n) is 3.48. The smallest absolute Gasteiger partial charge is 0.231 e. The highest BCUT2D eigenvalue weighted by atomic mass is 16.7. The first-order chi connectivity index (χ1) is 8.92. The Morgan fingerprint density at radius 3 is 3.00 bits per heavy atom. The normalized spacial score (nSPS) is 29.0. The van der Waals surface area contributed by atoms with Gasteiger partial charge < -0.3 is 9.47 Å². The maximum Gasteiger partial charge on any atom is 0.231 e. The van der Waals surface area contributed by atoms with Crippen molar-refractivity contribution >= 4 is 5.71 Å². The lowest BCUT2D eigenvalue weighted by Gasteiger charge is -2.25. The molecule has 2 heterocycles. The molecule has 1 aromatic rings. The molecular weight excluding hydrogens is 226 g/mol. The van der Waals surface area contributed by atoms with Gasteiger partial charge in [0.15, 0.2) is 11.5 Å². The molecule has 3 nitrogen and oxygen atoms in total. The predicted molar refractivity (Wildman–Crippen MR) is 69.6 cm³/mol. The molecule has 94 valence electrons. The molecule has 0 unspecified atom stereocenters. The quantitative estimate of drug-likeness (QED) is 0.758. The Bertz CT molecular complexity index is 509. The number of nitrogens with zero attached hydrogens (tertiary/aromatic N) is 1. The zero-order valence-electron chi connectivity index (χ0n) is 10.4. The summed E-state index contributed by atoms with van der Waals surface area (Å²) in [6, 6.07) is 6.38. The van der Waals surface area contributed by atoms with Crippen LogP contribution >= 0.6 is 0 Å². The number of rotatable bonds is 1. The van der Waals surface area contributed by atoms with Gasteiger partial charge in [0, 0.05) is 24.1 Å². The van der Waals surface area contributed by atoms with Gasteiger partial charge in [0.1, 0.15) is 0 Å². The number of fused-ring (bicyclic) bond motifs is 2. The maximum absolute atomic E-state index is 5.48. The fourth-order valence-corrected chi connectivity index (χ4v) is 3.48. The third-order valence-electron chi connectivity index (χ3n) is 4.43. The third kappa shape index (κ3) is 1.53. The van der Waals surface area contributed by atoms with Gasteiger partial charge in [-0.1, -0.05) is 12.5 Å². The van der Waals surface area contributed by atoms with Crippen LogP contribution in [0.15, 0.2) is 23.2 Å². The molecule has 1 fully saturated rings. The second kappa shape index (κ2) is 4.01. The summed E-state index contributed by atoms with van der Waals surface area (Å²) in [4.78, 5) is 4.75. The van der Waals surface area contributed by atoms with Crippen molar-refractivity contribution in [2.45, 2.75) is 31.6 Å². The van der Waals surface area contributed by atoms with E-state index < -0.39 is 0 Å². The molecule has 4 rings (SSSR count). The summed E-state index contributed by atoms with van der Waals surface area (Å²) in [5.41, 5.74) is 2.83. The summed E-state index contributed by atoms with van der Waals surface area (Å²) in [7, 11) is 0. The van der Waals surface area contributed by atoms with Gasteiger partial charge in [-0.2, -0.15) is 0 Å². The lowest BCUT2D eigenvalue weighted by atomic mass is 9.78. The maximum atomic E-state index is 5.48. The summed E-state index contributed by atoms with van der Waals surface area (Å²) in [6.07, 6.45) is 5.19. The number of benzene rings is 1. The molecule has 1 saturated carbocycles. The van der Waals surface area contributed by atoms with Crippen molar-refractivity contribution in [3.63, 3.8) is 0 Å². The van der Waals surface area contributed by atoms with Gasteiger partial charge in [-0.25, -0.2) is 0 Å². The van der Waals surface area contributed by atoms with Gasteiger partial charge in [0.2, 0.25) is 6.79 Å². The highest BCUT2D eigenvalue weighted by Gasteiger charge is 2.34. The highest BCUT2D eigenvalue weighted by Crippen LogP contribution is 2.42. The number of hydrogen-bond acceptors (Lipinski definition) is 3. The van der Waals surface area contributed by atoms with E-state index in [1.54, 1.807) is 0 Å². The Morgan fingerprint density at radius 2 is 2.00 bits per heavy atom. The summed E-state index contributed by atoms with van der Waals surface area (Å²) in [5, 5.41) is 0. The van der Waals surface area contributed by atoms with E-state index in [4.69, 9.17) is 14.5 Å². The molecule has 0 bridgehead atoms. The van der Waals surface area contributed by atoms with Crippen molar-refractivity contribution in [2.75, 3.05) is 13.3 Å². The summed E-state index contributed by atoms with van der Waals surface area (Å²) in [6.45, 7) is 1.31. The molecule has 0 radical (unpaired) electrons. The van der Waals surface area contributed by atoms with Gasteiger partial charge in [0.05, 0.1) is 0 Å². The van der Waals surface area contributed by atoms with Crippen molar-refractivity contribution in [2.24, 2.45) is 10.9 Å². The van der Waals surface area contributed by atoms with E-state index in [0.717, 1.165) is 18.0 Å². The summed E-state index contributed by atoms with van der Waals surface area (Å²) >= 11 is 0. The van der Waals surface area contributed by atoms with E-state index >= 15 is 0 Å². The van der Waals surface area contributed by atoms with Crippen LogP contribution in [0, 0.1) is 5.92 Å². The first kappa shape index (κ1) is 10.4. The molecule has 18 heavy (non-hydrogen) atoms. The SMILES string of the molecule is c1cc2c(cc1[C@@H]1CN=C3CCCC[C@H]31)OCO2. The number of ether oxygens (including phenoxy) is 2. The average molecular weight is 243 g/mol. The van der Waals surface area contributed by atoms with E-state index in [1.165, 1.54) is 37.0 Å². The van der Waals surface area contributed by atoms with E-state index in [9.17, 15) is 0 Å². The molecule has 3 aliphatic rings. The lowest BCUT2D eigenvalue weighted by molar-refractivity contribution is 0.174. The summed E-state index contributed by atoms with van der Waals surface area (Å²) < 4.78 is 10.8. The molecule has 0 saturated heterocycles. The van der Waals surface area contributed by atoms with Crippen LogP contribution in [-0.4, -0.2) is 19.0 Å². The Kier molecular flexibility index (Phi) is 2.32. The van der Waals surface area contributed by atoms with Crippen molar-refractivity contribution in [3.05, 3.63) is 23.8 Å². The van der Waals surface area contributed by atoms with Gasteiger partial charge in [-0.3, -0.25) is 4.99 Å². The molecule has 0 aromatic heterocycles. The minimum absolute atomic E-state index is 0.356. The Balaban J connectivity index is 1.64. The minimum Gasteiger partial charge on any atom is -0.454 e. The molecule has 2 atom stereocenters. The van der Waals surface area contributed by atoms with Crippen molar-refractivity contribution in [1.82, 2.24) is 0 Å². The molecule has 1 aliphatic carbocycles. The monoisotopic (exact) mass is 243 g/mol. The topological polar surface area (TPSA) is 30.8 Å². The zero-order chi connectivity index (χ0) is 11.9. The average Bonchev–Trinajstić information content (AvgIpc) is 3.04. The van der Waals surface area contributed by atoms with Crippen LogP contribution < -0.4 is 9.47 Å². The van der Waals surface area contributed by atoms with E-state index in [-0.39, 0.29) is 0 Å². The molecular formula is C15H17NO2. The molecule has 0 N–H and O–H groups in total. The summed E-state index contributed by atoms with van der Waals surface area (Å²) in [5.74, 6) is 3.02. The lowest BCUT2D eigenvalue weighted by Crippen LogP contribution is -2.21. The van der Waals surface area contributed by atoms with Gasteiger partial charge >= 0.3 is 0 Å². The second-order valence-corrected chi connectivity index (χ2v) is 5.40. The van der Waals surface area contributed by atoms with Gasteiger partial charge in [-0.05, 0) is 37.0 Å². The molecule has 3 heteroatoms. The standard InChI is InChI=1S/C15H17NO2/c1-2-4-13-11(3-1)12(8-16-13)10-5-6-14-15(7-10)18-9-17-14/h5-7,11-12H,1-4,8-9H2/t11-,12-/m0/s1. The van der Waals surface area contributed by atoms with Crippen molar-refractivity contribution in [3.8, 4) is 11.5 Å². The van der Waals surface area contributed by atoms with Gasteiger partial charge in [0.25, 0.3) is 0 Å². The van der Waals surface area contributed by atoms with Crippen LogP contribution in [0.1, 0.15) is 37.2 Å². The van der Waals surface area contributed by atoms with Crippen LogP contribution in [-0.2, 0) is 0 Å². The molecule has 0 spiro atoms. The Morgan fingerprint density at radius 1 is 1.06 bits per heavy atom. The van der Waals surface area contributed by atoms with Crippen molar-refractivity contribution < 1.29 is 9.47 Å². The van der Waals surface area contributed by atoms with E-state index in [2.05, 4.69) is 12.1 Å². The van der Waals surface area contributed by atoms with Crippen LogP contribution in [0.2, 0.25) is 0 Å². The highest BCUT2D eigenvalue weighted by molar-refractivity contribution is 5.90. The minimum atomic E-state index is 0.356. The molecule has 2 aliphatic heterocycles. The predicted octanol–water partition coefficient (Wildman–Crippen LogP) is 3.14.